The van der Waals surface area contributed by atoms with Crippen molar-refractivity contribution in [3.05, 3.63) is 65.7 Å². The first-order valence-corrected chi connectivity index (χ1v) is 10.9. The van der Waals surface area contributed by atoms with Crippen LogP contribution in [0.5, 0.6) is 0 Å². The number of allylic oxidation sites excluding steroid dienone is 1. The van der Waals surface area contributed by atoms with E-state index in [4.69, 9.17) is 0 Å². The van der Waals surface area contributed by atoms with Gasteiger partial charge in [-0.05, 0) is 67.3 Å². The van der Waals surface area contributed by atoms with E-state index >= 15 is 0 Å². The number of sulfonamides is 1. The van der Waals surface area contributed by atoms with E-state index in [0.29, 0.717) is 5.56 Å². The lowest BCUT2D eigenvalue weighted by atomic mass is 10.1. The highest BCUT2D eigenvalue weighted by atomic mass is 32.2. The summed E-state index contributed by atoms with van der Waals surface area (Å²) in [5.41, 5.74) is 2.64. The molecule has 0 radical (unpaired) electrons. The largest absolute Gasteiger partial charge is 0.372 e. The molecular formula is C22H26N2O3S. The predicted molar refractivity (Wildman–Crippen MR) is 113 cm³/mol. The predicted octanol–water partition coefficient (Wildman–Crippen LogP) is 3.82. The number of piperidine rings is 1. The Morgan fingerprint density at radius 1 is 0.929 bits per heavy atom. The highest BCUT2D eigenvalue weighted by Crippen LogP contribution is 2.21. The third-order valence-electron chi connectivity index (χ3n) is 4.96. The third-order valence-corrected chi connectivity index (χ3v) is 6.79. The van der Waals surface area contributed by atoms with E-state index in [1.807, 2.05) is 12.1 Å². The van der Waals surface area contributed by atoms with Crippen molar-refractivity contribution in [3.8, 4) is 0 Å². The fraction of sp³-hybridized carbons (Fsp3) is 0.318. The Hall–Kier alpha value is -2.44. The molecule has 0 atom stereocenters. The zero-order valence-corrected chi connectivity index (χ0v) is 17.2. The number of anilines is 1. The minimum atomic E-state index is -3.49. The number of carbonyl (C=O) groups excluding carboxylic acids is 1. The van der Waals surface area contributed by atoms with Crippen molar-refractivity contribution in [1.29, 1.82) is 0 Å². The first-order chi connectivity index (χ1) is 13.4. The zero-order valence-electron chi connectivity index (χ0n) is 16.3. The Balaban J connectivity index is 1.66. The minimum Gasteiger partial charge on any atom is -0.372 e. The van der Waals surface area contributed by atoms with Crippen LogP contribution in [0.4, 0.5) is 5.69 Å². The van der Waals surface area contributed by atoms with Gasteiger partial charge in [0.05, 0.1) is 4.90 Å². The van der Waals surface area contributed by atoms with Gasteiger partial charge in [0, 0.05) is 38.4 Å². The fourth-order valence-electron chi connectivity index (χ4n) is 3.22. The average molecular weight is 399 g/mol. The number of benzene rings is 2. The summed E-state index contributed by atoms with van der Waals surface area (Å²) in [4.78, 5) is 14.9. The second-order valence-electron chi connectivity index (χ2n) is 7.15. The molecule has 0 unspecified atom stereocenters. The maximum atomic E-state index is 12.4. The van der Waals surface area contributed by atoms with Gasteiger partial charge in [0.2, 0.25) is 10.0 Å². The van der Waals surface area contributed by atoms with Gasteiger partial charge in [0.25, 0.3) is 0 Å². The van der Waals surface area contributed by atoms with E-state index in [1.165, 1.54) is 57.3 Å². The summed E-state index contributed by atoms with van der Waals surface area (Å²) < 4.78 is 25.3. The topological polar surface area (TPSA) is 57.7 Å². The van der Waals surface area contributed by atoms with Crippen LogP contribution in [0.15, 0.2) is 59.5 Å². The smallest absolute Gasteiger partial charge is 0.242 e. The van der Waals surface area contributed by atoms with Crippen LogP contribution in [0, 0.1) is 0 Å². The van der Waals surface area contributed by atoms with Crippen LogP contribution in [-0.2, 0) is 10.0 Å². The SMILES string of the molecule is CN(C)S(=O)(=O)c1ccc(C(=O)C=Cc2ccc(N3CCCCC3)cc2)cc1. The van der Waals surface area contributed by atoms with Crippen LogP contribution in [-0.4, -0.2) is 45.7 Å². The molecule has 1 aliphatic rings. The third kappa shape index (κ3) is 4.69. The van der Waals surface area contributed by atoms with Gasteiger partial charge in [0.15, 0.2) is 5.78 Å². The quantitative estimate of drug-likeness (QED) is 0.548. The zero-order chi connectivity index (χ0) is 20.1. The Kier molecular flexibility index (Phi) is 6.31. The molecule has 0 bridgehead atoms. The standard InChI is InChI=1S/C22H26N2O3S/c1-23(2)28(26,27)21-13-9-19(10-14-21)22(25)15-8-18-6-11-20(12-7-18)24-16-4-3-5-17-24/h6-15H,3-5,16-17H2,1-2H3. The molecule has 0 amide bonds. The van der Waals surface area contributed by atoms with E-state index in [9.17, 15) is 13.2 Å². The fourth-order valence-corrected chi connectivity index (χ4v) is 4.12. The monoisotopic (exact) mass is 398 g/mol. The summed E-state index contributed by atoms with van der Waals surface area (Å²) in [7, 11) is -0.528. The van der Waals surface area contributed by atoms with Gasteiger partial charge in [-0.2, -0.15) is 0 Å². The molecule has 6 heteroatoms. The number of nitrogens with zero attached hydrogens (tertiary/aromatic N) is 2. The molecule has 1 fully saturated rings. The van der Waals surface area contributed by atoms with Gasteiger partial charge in [0.1, 0.15) is 0 Å². The normalized spacial score (nSPS) is 15.3. The Labute approximate surface area is 167 Å². The highest BCUT2D eigenvalue weighted by Gasteiger charge is 2.17. The summed E-state index contributed by atoms with van der Waals surface area (Å²) in [6, 6.07) is 14.2. The number of carbonyl (C=O) groups is 1. The molecule has 0 aliphatic carbocycles. The van der Waals surface area contributed by atoms with Crippen molar-refractivity contribution in [3.63, 3.8) is 0 Å². The Morgan fingerprint density at radius 2 is 1.54 bits per heavy atom. The summed E-state index contributed by atoms with van der Waals surface area (Å²) >= 11 is 0. The first-order valence-electron chi connectivity index (χ1n) is 9.48. The summed E-state index contributed by atoms with van der Waals surface area (Å²) in [6.07, 6.45) is 7.09. The van der Waals surface area contributed by atoms with Crippen LogP contribution in [0.1, 0.15) is 35.2 Å². The molecule has 1 saturated heterocycles. The van der Waals surface area contributed by atoms with Crippen molar-refractivity contribution < 1.29 is 13.2 Å². The molecule has 2 aromatic carbocycles. The van der Waals surface area contributed by atoms with E-state index in [0.717, 1.165) is 23.0 Å². The second-order valence-corrected chi connectivity index (χ2v) is 9.30. The lowest BCUT2D eigenvalue weighted by Crippen LogP contribution is -2.29. The van der Waals surface area contributed by atoms with Crippen LogP contribution in [0.25, 0.3) is 6.08 Å². The Bertz CT molecular complexity index is 940. The van der Waals surface area contributed by atoms with Crippen LogP contribution in [0.2, 0.25) is 0 Å². The lowest BCUT2D eigenvalue weighted by molar-refractivity contribution is 0.104. The van der Waals surface area contributed by atoms with Gasteiger partial charge in [-0.3, -0.25) is 4.79 Å². The lowest BCUT2D eigenvalue weighted by Gasteiger charge is -2.28. The van der Waals surface area contributed by atoms with Crippen LogP contribution in [0.3, 0.4) is 0 Å². The van der Waals surface area contributed by atoms with Gasteiger partial charge < -0.3 is 4.90 Å². The molecule has 1 heterocycles. The van der Waals surface area contributed by atoms with Crippen molar-refractivity contribution in [1.82, 2.24) is 4.31 Å². The van der Waals surface area contributed by atoms with Crippen molar-refractivity contribution in [2.45, 2.75) is 24.2 Å². The molecule has 5 nitrogen and oxygen atoms in total. The Morgan fingerprint density at radius 3 is 2.11 bits per heavy atom. The number of hydrogen-bond acceptors (Lipinski definition) is 4. The summed E-state index contributed by atoms with van der Waals surface area (Å²) in [5.74, 6) is -0.158. The average Bonchev–Trinajstić information content (AvgIpc) is 2.73. The molecule has 0 aromatic heterocycles. The number of ketones is 1. The maximum Gasteiger partial charge on any atom is 0.242 e. The first kappa shape index (κ1) is 20.3. The van der Waals surface area contributed by atoms with Gasteiger partial charge in [-0.1, -0.05) is 18.2 Å². The van der Waals surface area contributed by atoms with E-state index in [-0.39, 0.29) is 10.7 Å². The number of rotatable bonds is 6. The molecule has 28 heavy (non-hydrogen) atoms. The van der Waals surface area contributed by atoms with E-state index < -0.39 is 10.0 Å². The summed E-state index contributed by atoms with van der Waals surface area (Å²) in [5, 5.41) is 0. The number of hydrogen-bond donors (Lipinski definition) is 0. The molecular weight excluding hydrogens is 372 g/mol. The van der Waals surface area contributed by atoms with Crippen LogP contribution >= 0.6 is 0 Å². The van der Waals surface area contributed by atoms with E-state index in [2.05, 4.69) is 17.0 Å². The molecule has 0 saturated carbocycles. The van der Waals surface area contributed by atoms with Crippen LogP contribution < -0.4 is 4.90 Å². The second kappa shape index (κ2) is 8.71. The molecule has 2 aromatic rings. The van der Waals surface area contributed by atoms with Gasteiger partial charge in [-0.15, -0.1) is 0 Å². The molecule has 148 valence electrons. The van der Waals surface area contributed by atoms with Crippen molar-refractivity contribution in [2.24, 2.45) is 0 Å². The maximum absolute atomic E-state index is 12.4. The molecule has 0 N–H and O–H groups in total. The minimum absolute atomic E-state index is 0.158. The van der Waals surface area contributed by atoms with Crippen molar-refractivity contribution in [2.75, 3.05) is 32.1 Å². The van der Waals surface area contributed by atoms with Gasteiger partial charge >= 0.3 is 0 Å². The highest BCUT2D eigenvalue weighted by molar-refractivity contribution is 7.89. The molecule has 1 aliphatic heterocycles. The van der Waals surface area contributed by atoms with Gasteiger partial charge in [-0.25, -0.2) is 12.7 Å². The van der Waals surface area contributed by atoms with Crippen molar-refractivity contribution >= 4 is 27.6 Å². The molecule has 0 spiro atoms. The molecule has 3 rings (SSSR count). The summed E-state index contributed by atoms with van der Waals surface area (Å²) in [6.45, 7) is 2.21. The van der Waals surface area contributed by atoms with E-state index in [1.54, 1.807) is 18.2 Å².